The van der Waals surface area contributed by atoms with E-state index in [1.807, 2.05) is 68.4 Å². The molecule has 1 unspecified atom stereocenters. The number of nitrogens with zero attached hydrogens (tertiary/aromatic N) is 1. The monoisotopic (exact) mass is 417 g/mol. The Morgan fingerprint density at radius 1 is 1.06 bits per heavy atom. The Bertz CT molecular complexity index is 1040. The molecule has 0 N–H and O–H groups in total. The first-order valence-electron chi connectivity index (χ1n) is 10.9. The van der Waals surface area contributed by atoms with Gasteiger partial charge >= 0.3 is 5.97 Å². The molecule has 2 aromatic rings. The fourth-order valence-corrected chi connectivity index (χ4v) is 4.36. The predicted octanol–water partition coefficient (Wildman–Crippen LogP) is 5.61. The summed E-state index contributed by atoms with van der Waals surface area (Å²) in [6, 6.07) is 17.2. The Balaban J connectivity index is 1.75. The van der Waals surface area contributed by atoms with Crippen molar-refractivity contribution in [1.29, 1.82) is 0 Å². The standard InChI is InChI=1S/C26H27NO4/c1-3-15-30-26(29)23-17(2)27-21-13-8-14-22(28)25(21)24(23)18-9-7-12-20(16-18)31-19-10-5-4-6-11-19/h4-7,9-12,16,23-24H,3,8,13-15H2,1-2H3/t23?,24-/m0/s1. The lowest BCUT2D eigenvalue weighted by molar-refractivity contribution is -0.146. The van der Waals surface area contributed by atoms with Gasteiger partial charge < -0.3 is 9.47 Å². The maximum atomic E-state index is 13.0. The number of rotatable bonds is 6. The predicted molar refractivity (Wildman–Crippen MR) is 119 cm³/mol. The van der Waals surface area contributed by atoms with E-state index in [0.29, 0.717) is 30.1 Å². The number of aliphatic imine (C=N–C) groups is 1. The number of allylic oxidation sites excluding steroid dienone is 2. The number of carbonyl (C=O) groups is 2. The van der Waals surface area contributed by atoms with Gasteiger partial charge in [-0.2, -0.15) is 0 Å². The SMILES string of the molecule is CCCOC(=O)C1C(C)=NC2=C(C(=O)CCC2)[C@H]1c1cccc(Oc2ccccc2)c1. The highest BCUT2D eigenvalue weighted by Gasteiger charge is 2.43. The van der Waals surface area contributed by atoms with Gasteiger partial charge in [0.2, 0.25) is 0 Å². The number of benzene rings is 2. The summed E-state index contributed by atoms with van der Waals surface area (Å²) >= 11 is 0. The van der Waals surface area contributed by atoms with Crippen LogP contribution in [0.4, 0.5) is 0 Å². The summed E-state index contributed by atoms with van der Waals surface area (Å²) in [6.45, 7) is 4.17. The number of Topliss-reactive ketones (excluding diaryl/α,β-unsaturated/α-hetero) is 1. The molecule has 2 aliphatic rings. The smallest absolute Gasteiger partial charge is 0.315 e. The minimum atomic E-state index is -0.612. The second kappa shape index (κ2) is 9.29. The molecule has 1 aliphatic carbocycles. The second-order valence-corrected chi connectivity index (χ2v) is 8.00. The summed E-state index contributed by atoms with van der Waals surface area (Å²) < 4.78 is 11.5. The molecule has 0 aromatic heterocycles. The van der Waals surface area contributed by atoms with Gasteiger partial charge in [0.25, 0.3) is 0 Å². The lowest BCUT2D eigenvalue weighted by atomic mass is 9.71. The third-order valence-electron chi connectivity index (χ3n) is 5.73. The van der Waals surface area contributed by atoms with Gasteiger partial charge in [-0.15, -0.1) is 0 Å². The van der Waals surface area contributed by atoms with Gasteiger partial charge in [0.15, 0.2) is 5.78 Å². The highest BCUT2D eigenvalue weighted by Crippen LogP contribution is 2.44. The normalized spacial score (nSPS) is 20.7. The van der Waals surface area contributed by atoms with E-state index in [2.05, 4.69) is 4.99 Å². The number of esters is 1. The number of para-hydroxylation sites is 1. The van der Waals surface area contributed by atoms with Crippen LogP contribution in [0.2, 0.25) is 0 Å². The number of ketones is 1. The fraction of sp³-hybridized carbons (Fsp3) is 0.346. The molecule has 31 heavy (non-hydrogen) atoms. The first-order chi connectivity index (χ1) is 15.1. The number of hydrogen-bond acceptors (Lipinski definition) is 5. The summed E-state index contributed by atoms with van der Waals surface area (Å²) in [4.78, 5) is 30.7. The molecule has 0 spiro atoms. The van der Waals surface area contributed by atoms with Crippen LogP contribution in [0, 0.1) is 5.92 Å². The van der Waals surface area contributed by atoms with Crippen molar-refractivity contribution in [3.63, 3.8) is 0 Å². The molecule has 4 rings (SSSR count). The zero-order chi connectivity index (χ0) is 21.8. The molecule has 2 aromatic carbocycles. The molecule has 0 fully saturated rings. The van der Waals surface area contributed by atoms with Gasteiger partial charge in [0.05, 0.1) is 6.61 Å². The van der Waals surface area contributed by atoms with Gasteiger partial charge in [-0.3, -0.25) is 14.6 Å². The van der Waals surface area contributed by atoms with Crippen LogP contribution >= 0.6 is 0 Å². The van der Waals surface area contributed by atoms with E-state index in [1.165, 1.54) is 0 Å². The van der Waals surface area contributed by atoms with Crippen molar-refractivity contribution in [2.24, 2.45) is 10.9 Å². The van der Waals surface area contributed by atoms with Crippen molar-refractivity contribution in [2.75, 3.05) is 6.61 Å². The second-order valence-electron chi connectivity index (χ2n) is 8.00. The zero-order valence-corrected chi connectivity index (χ0v) is 18.0. The third kappa shape index (κ3) is 4.46. The summed E-state index contributed by atoms with van der Waals surface area (Å²) in [5, 5.41) is 0. The van der Waals surface area contributed by atoms with Crippen LogP contribution in [0.1, 0.15) is 51.0 Å². The molecule has 2 atom stereocenters. The van der Waals surface area contributed by atoms with Crippen molar-refractivity contribution in [3.8, 4) is 11.5 Å². The van der Waals surface area contributed by atoms with E-state index in [1.54, 1.807) is 0 Å². The molecule has 0 radical (unpaired) electrons. The van der Waals surface area contributed by atoms with Crippen LogP contribution < -0.4 is 4.74 Å². The first kappa shape index (κ1) is 21.0. The summed E-state index contributed by atoms with van der Waals surface area (Å²) in [6.07, 6.45) is 2.78. The van der Waals surface area contributed by atoms with Gasteiger partial charge in [-0.1, -0.05) is 37.3 Å². The average Bonchev–Trinajstić information content (AvgIpc) is 2.77. The van der Waals surface area contributed by atoms with Crippen LogP contribution in [0.15, 0.2) is 70.9 Å². The van der Waals surface area contributed by atoms with Crippen molar-refractivity contribution in [3.05, 3.63) is 71.4 Å². The van der Waals surface area contributed by atoms with Crippen LogP contribution in [-0.2, 0) is 14.3 Å². The molecule has 0 amide bonds. The largest absolute Gasteiger partial charge is 0.465 e. The highest BCUT2D eigenvalue weighted by molar-refractivity contribution is 6.08. The Morgan fingerprint density at radius 2 is 1.84 bits per heavy atom. The van der Waals surface area contributed by atoms with E-state index >= 15 is 0 Å². The summed E-state index contributed by atoms with van der Waals surface area (Å²) in [7, 11) is 0. The molecule has 0 saturated carbocycles. The Hall–Kier alpha value is -3.21. The van der Waals surface area contributed by atoms with Gasteiger partial charge in [0.1, 0.15) is 17.4 Å². The van der Waals surface area contributed by atoms with Gasteiger partial charge in [-0.25, -0.2) is 0 Å². The number of ether oxygens (including phenoxy) is 2. The minimum absolute atomic E-state index is 0.0742. The molecular weight excluding hydrogens is 390 g/mol. The Kier molecular flexibility index (Phi) is 6.31. The Morgan fingerprint density at radius 3 is 2.61 bits per heavy atom. The molecule has 160 valence electrons. The summed E-state index contributed by atoms with van der Waals surface area (Å²) in [5.41, 5.74) is 3.04. The van der Waals surface area contributed by atoms with Crippen LogP contribution in [0.3, 0.4) is 0 Å². The molecule has 1 heterocycles. The zero-order valence-electron chi connectivity index (χ0n) is 18.0. The van der Waals surface area contributed by atoms with Crippen molar-refractivity contribution in [2.45, 2.75) is 45.4 Å². The molecule has 0 bridgehead atoms. The maximum absolute atomic E-state index is 13.0. The van der Waals surface area contributed by atoms with E-state index < -0.39 is 11.8 Å². The number of hydrogen-bond donors (Lipinski definition) is 0. The van der Waals surface area contributed by atoms with Gasteiger partial charge in [-0.05, 0) is 56.0 Å². The van der Waals surface area contributed by atoms with Crippen LogP contribution in [0.25, 0.3) is 0 Å². The van der Waals surface area contributed by atoms with Crippen molar-refractivity contribution < 1.29 is 19.1 Å². The molecule has 5 heteroatoms. The molecule has 0 saturated heterocycles. The van der Waals surface area contributed by atoms with Crippen LogP contribution in [0.5, 0.6) is 11.5 Å². The topological polar surface area (TPSA) is 65.0 Å². The lowest BCUT2D eigenvalue weighted by Gasteiger charge is -2.34. The van der Waals surface area contributed by atoms with E-state index in [9.17, 15) is 9.59 Å². The quantitative estimate of drug-likeness (QED) is 0.573. The average molecular weight is 418 g/mol. The minimum Gasteiger partial charge on any atom is -0.465 e. The fourth-order valence-electron chi connectivity index (χ4n) is 4.36. The third-order valence-corrected chi connectivity index (χ3v) is 5.73. The number of carbonyl (C=O) groups excluding carboxylic acids is 2. The summed E-state index contributed by atoms with van der Waals surface area (Å²) in [5.74, 6) is 0.115. The van der Waals surface area contributed by atoms with Crippen LogP contribution in [-0.4, -0.2) is 24.1 Å². The van der Waals surface area contributed by atoms with Gasteiger partial charge in [0, 0.05) is 29.3 Å². The van der Waals surface area contributed by atoms with Crippen molar-refractivity contribution >= 4 is 17.5 Å². The lowest BCUT2D eigenvalue weighted by Crippen LogP contribution is -2.37. The highest BCUT2D eigenvalue weighted by atomic mass is 16.5. The van der Waals surface area contributed by atoms with E-state index in [0.717, 1.165) is 36.3 Å². The molecular formula is C26H27NO4. The molecule has 5 nitrogen and oxygen atoms in total. The first-order valence-corrected chi connectivity index (χ1v) is 10.9. The van der Waals surface area contributed by atoms with E-state index in [4.69, 9.17) is 9.47 Å². The maximum Gasteiger partial charge on any atom is 0.315 e. The molecule has 1 aliphatic heterocycles. The van der Waals surface area contributed by atoms with E-state index in [-0.39, 0.29) is 11.8 Å². The Labute approximate surface area is 182 Å². The van der Waals surface area contributed by atoms with Crippen molar-refractivity contribution in [1.82, 2.24) is 0 Å².